The van der Waals surface area contributed by atoms with Crippen LogP contribution in [0, 0.1) is 11.3 Å². The Labute approximate surface area is 153 Å². The Morgan fingerprint density at radius 1 is 0.615 bits per heavy atom. The first-order chi connectivity index (χ1) is 12.9. The van der Waals surface area contributed by atoms with E-state index in [0.29, 0.717) is 5.56 Å². The molecule has 0 saturated heterocycles. The third kappa shape index (κ3) is 2.99. The molecule has 0 amide bonds. The molecule has 3 aromatic carbocycles. The first-order valence-corrected chi connectivity index (χ1v) is 8.46. The molecule has 26 heavy (non-hydrogen) atoms. The highest BCUT2D eigenvalue weighted by Gasteiger charge is 2.11. The van der Waals surface area contributed by atoms with Crippen molar-refractivity contribution >= 4 is 0 Å². The van der Waals surface area contributed by atoms with Crippen molar-refractivity contribution in [2.45, 2.75) is 0 Å². The zero-order chi connectivity index (χ0) is 17.8. The highest BCUT2D eigenvalue weighted by atomic mass is 14.6. The molecule has 122 valence electrons. The second-order valence-corrected chi connectivity index (χ2v) is 6.03. The summed E-state index contributed by atoms with van der Waals surface area (Å²) >= 11 is 0. The second-order valence-electron chi connectivity index (χ2n) is 6.03. The molecule has 2 nitrogen and oxygen atoms in total. The van der Waals surface area contributed by atoms with Crippen molar-refractivity contribution in [3.8, 4) is 39.4 Å². The van der Waals surface area contributed by atoms with Crippen LogP contribution < -0.4 is 0 Å². The SMILES string of the molecule is N#Cc1ccc(-c2ccccc2-c2cccnc2)cc1-c1ccccc1. The topological polar surface area (TPSA) is 36.7 Å². The number of nitrogens with zero attached hydrogens (tertiary/aromatic N) is 2. The van der Waals surface area contributed by atoms with E-state index >= 15 is 0 Å². The van der Waals surface area contributed by atoms with Gasteiger partial charge in [0.25, 0.3) is 0 Å². The van der Waals surface area contributed by atoms with Crippen LogP contribution in [-0.4, -0.2) is 4.98 Å². The number of aromatic nitrogens is 1. The maximum atomic E-state index is 9.52. The van der Waals surface area contributed by atoms with Gasteiger partial charge >= 0.3 is 0 Å². The molecule has 0 bridgehead atoms. The van der Waals surface area contributed by atoms with Crippen molar-refractivity contribution in [1.29, 1.82) is 5.26 Å². The second kappa shape index (κ2) is 7.04. The van der Waals surface area contributed by atoms with E-state index in [-0.39, 0.29) is 0 Å². The third-order valence-corrected chi connectivity index (χ3v) is 4.44. The van der Waals surface area contributed by atoms with Gasteiger partial charge in [0, 0.05) is 23.5 Å². The van der Waals surface area contributed by atoms with Gasteiger partial charge in [-0.15, -0.1) is 0 Å². The number of hydrogen-bond donors (Lipinski definition) is 0. The molecule has 1 heterocycles. The smallest absolute Gasteiger partial charge is 0.0998 e. The molecule has 0 aliphatic carbocycles. The Balaban J connectivity index is 1.90. The summed E-state index contributed by atoms with van der Waals surface area (Å²) in [6.45, 7) is 0. The summed E-state index contributed by atoms with van der Waals surface area (Å²) in [4.78, 5) is 4.25. The number of nitriles is 1. The van der Waals surface area contributed by atoms with Crippen LogP contribution in [0.3, 0.4) is 0 Å². The zero-order valence-corrected chi connectivity index (χ0v) is 14.1. The average molecular weight is 332 g/mol. The van der Waals surface area contributed by atoms with E-state index in [0.717, 1.165) is 33.4 Å². The molecule has 0 saturated carbocycles. The van der Waals surface area contributed by atoms with Crippen LogP contribution in [0.15, 0.2) is 97.3 Å². The minimum atomic E-state index is 0.679. The van der Waals surface area contributed by atoms with Crippen molar-refractivity contribution in [2.24, 2.45) is 0 Å². The van der Waals surface area contributed by atoms with Crippen LogP contribution in [0.2, 0.25) is 0 Å². The number of pyridine rings is 1. The van der Waals surface area contributed by atoms with Crippen LogP contribution in [0.1, 0.15) is 5.56 Å². The van der Waals surface area contributed by atoms with Crippen molar-refractivity contribution in [3.05, 3.63) is 103 Å². The summed E-state index contributed by atoms with van der Waals surface area (Å²) in [5.41, 5.74) is 7.10. The lowest BCUT2D eigenvalue weighted by atomic mass is 9.91. The fourth-order valence-corrected chi connectivity index (χ4v) is 3.17. The quantitative estimate of drug-likeness (QED) is 0.464. The summed E-state index contributed by atoms with van der Waals surface area (Å²) in [7, 11) is 0. The van der Waals surface area contributed by atoms with Gasteiger partial charge in [-0.1, -0.05) is 66.7 Å². The van der Waals surface area contributed by atoms with Crippen molar-refractivity contribution in [2.75, 3.05) is 0 Å². The standard InChI is InChI=1S/C24H16N2/c25-16-20-13-12-19(15-24(20)18-7-2-1-3-8-18)22-10-4-5-11-23(22)21-9-6-14-26-17-21/h1-15,17H. The van der Waals surface area contributed by atoms with Crippen molar-refractivity contribution in [3.63, 3.8) is 0 Å². The first kappa shape index (κ1) is 15.8. The maximum absolute atomic E-state index is 9.52. The zero-order valence-electron chi connectivity index (χ0n) is 14.1. The van der Waals surface area contributed by atoms with E-state index in [1.54, 1.807) is 6.20 Å². The Morgan fingerprint density at radius 2 is 1.31 bits per heavy atom. The monoisotopic (exact) mass is 332 g/mol. The molecule has 0 aliphatic heterocycles. The predicted molar refractivity (Wildman–Crippen MR) is 105 cm³/mol. The lowest BCUT2D eigenvalue weighted by Gasteiger charge is -2.12. The third-order valence-electron chi connectivity index (χ3n) is 4.44. The fraction of sp³-hybridized carbons (Fsp3) is 0. The van der Waals surface area contributed by atoms with Crippen LogP contribution in [-0.2, 0) is 0 Å². The predicted octanol–water partition coefficient (Wildman–Crippen LogP) is 5.95. The van der Waals surface area contributed by atoms with E-state index in [9.17, 15) is 5.26 Å². The normalized spacial score (nSPS) is 10.3. The molecule has 4 aromatic rings. The highest BCUT2D eigenvalue weighted by Crippen LogP contribution is 2.35. The van der Waals surface area contributed by atoms with E-state index in [1.807, 2.05) is 66.9 Å². The van der Waals surface area contributed by atoms with E-state index in [1.165, 1.54) is 0 Å². The molecule has 2 heteroatoms. The van der Waals surface area contributed by atoms with Crippen LogP contribution in [0.5, 0.6) is 0 Å². The van der Waals surface area contributed by atoms with Gasteiger partial charge < -0.3 is 0 Å². The minimum Gasteiger partial charge on any atom is -0.264 e. The van der Waals surface area contributed by atoms with E-state index in [2.05, 4.69) is 35.3 Å². The van der Waals surface area contributed by atoms with Crippen LogP contribution in [0.25, 0.3) is 33.4 Å². The Kier molecular flexibility index (Phi) is 4.28. The van der Waals surface area contributed by atoms with E-state index in [4.69, 9.17) is 0 Å². The molecule has 0 N–H and O–H groups in total. The Hall–Kier alpha value is -3.70. The Morgan fingerprint density at radius 3 is 2.00 bits per heavy atom. The van der Waals surface area contributed by atoms with Gasteiger partial charge in [0.1, 0.15) is 0 Å². The fourth-order valence-electron chi connectivity index (χ4n) is 3.17. The minimum absolute atomic E-state index is 0.679. The molecule has 0 atom stereocenters. The molecular formula is C24H16N2. The molecule has 4 rings (SSSR count). The van der Waals surface area contributed by atoms with Gasteiger partial charge in [-0.3, -0.25) is 4.98 Å². The van der Waals surface area contributed by atoms with Crippen molar-refractivity contribution in [1.82, 2.24) is 4.98 Å². The summed E-state index contributed by atoms with van der Waals surface area (Å²) in [6, 6.07) is 30.7. The molecule has 0 spiro atoms. The summed E-state index contributed by atoms with van der Waals surface area (Å²) < 4.78 is 0. The lowest BCUT2D eigenvalue weighted by molar-refractivity contribution is 1.33. The van der Waals surface area contributed by atoms with Gasteiger partial charge in [-0.05, 0) is 40.5 Å². The maximum Gasteiger partial charge on any atom is 0.0998 e. The van der Waals surface area contributed by atoms with Crippen LogP contribution >= 0.6 is 0 Å². The molecular weight excluding hydrogens is 316 g/mol. The average Bonchev–Trinajstić information content (AvgIpc) is 2.74. The first-order valence-electron chi connectivity index (χ1n) is 8.46. The summed E-state index contributed by atoms with van der Waals surface area (Å²) in [5.74, 6) is 0. The van der Waals surface area contributed by atoms with Crippen LogP contribution in [0.4, 0.5) is 0 Å². The van der Waals surface area contributed by atoms with Gasteiger partial charge in [-0.25, -0.2) is 0 Å². The van der Waals surface area contributed by atoms with Gasteiger partial charge in [0.15, 0.2) is 0 Å². The molecule has 0 fully saturated rings. The largest absolute Gasteiger partial charge is 0.264 e. The molecule has 0 radical (unpaired) electrons. The Bertz CT molecular complexity index is 1080. The van der Waals surface area contributed by atoms with E-state index < -0.39 is 0 Å². The van der Waals surface area contributed by atoms with Gasteiger partial charge in [0.05, 0.1) is 11.6 Å². The highest BCUT2D eigenvalue weighted by molar-refractivity contribution is 5.86. The number of hydrogen-bond acceptors (Lipinski definition) is 2. The molecule has 0 aliphatic rings. The van der Waals surface area contributed by atoms with Crippen molar-refractivity contribution < 1.29 is 0 Å². The number of rotatable bonds is 3. The molecule has 0 unspecified atom stereocenters. The summed E-state index contributed by atoms with van der Waals surface area (Å²) in [5, 5.41) is 9.52. The molecule has 1 aromatic heterocycles. The number of benzene rings is 3. The van der Waals surface area contributed by atoms with Gasteiger partial charge in [-0.2, -0.15) is 5.26 Å². The lowest BCUT2D eigenvalue weighted by Crippen LogP contribution is -1.89. The summed E-state index contributed by atoms with van der Waals surface area (Å²) in [6.07, 6.45) is 3.65. The van der Waals surface area contributed by atoms with Gasteiger partial charge in [0.2, 0.25) is 0 Å².